The Kier molecular flexibility index (Phi) is 58.1. The van der Waals surface area contributed by atoms with Gasteiger partial charge in [-0.25, -0.2) is 0 Å². The van der Waals surface area contributed by atoms with Gasteiger partial charge in [-0.05, 0) is 184 Å². The summed E-state index contributed by atoms with van der Waals surface area (Å²) in [4.78, 5) is 65.6. The van der Waals surface area contributed by atoms with Gasteiger partial charge in [0.15, 0.2) is 22.3 Å². The molecule has 9 aromatic heterocycles. The molecule has 0 saturated carbocycles. The molecule has 0 aliphatic carbocycles. The zero-order chi connectivity index (χ0) is 75.5. The van der Waals surface area contributed by atoms with Crippen LogP contribution in [0.3, 0.4) is 0 Å². The molecule has 0 aromatic carbocycles. The molecule has 0 atom stereocenters. The lowest BCUT2D eigenvalue weighted by molar-refractivity contribution is -0.191. The van der Waals surface area contributed by atoms with Gasteiger partial charge in [-0.2, -0.15) is 14.0 Å². The van der Waals surface area contributed by atoms with Crippen molar-refractivity contribution in [1.29, 1.82) is 0 Å². The number of hydrogen-bond acceptors (Lipinski definition) is 15. The van der Waals surface area contributed by atoms with Gasteiger partial charge in [0.2, 0.25) is 0 Å². The minimum absolute atomic E-state index is 0. The SMILES string of the molecule is C.C.C.C.C.C.C.C.CC(=O)c1ccc(C(C)(C)C)s1.CC(C)(C)c1ccc(C=O)s1.CC(C)(C)c1ccc(OC=O)s1.CC(C)(C)c1ccc([11CH3])s1.CC(C)(C)c1ccc([18F])s1.CC(C)(C)c1cccs1.Cc1ccc(C(C)(C)C)s1.Cc1ccc(C(C)(C)C)s1.O=C=O.[3H]c1ccc(C(C)(C)C)s1. The van der Waals surface area contributed by atoms with Crippen molar-refractivity contribution in [3.05, 3.63) is 193 Å². The third-order valence-corrected chi connectivity index (χ3v) is 25.4. The van der Waals surface area contributed by atoms with Crippen LogP contribution in [0.15, 0.2) is 120 Å². The number of ketones is 1. The summed E-state index contributed by atoms with van der Waals surface area (Å²) < 4.78 is 24.5. The Bertz CT molecular complexity index is 3390. The van der Waals surface area contributed by atoms with Crippen LogP contribution in [0.25, 0.3) is 0 Å². The largest absolute Gasteiger partial charge is 0.418 e. The standard InChI is InChI=1S/C10H14OS.C9H12O2S.C9H12OS.3C9H14S.C8H11FS.2C8H12S.CO2.8CH4/c1-7(11)8-5-6-9(12-8)10(2,3)4;1-9(2,3)7-4-5-8(12-7)11-6-10;1-9(2,3)8-5-4-7(6-10)11-8;3*1-7-5-6-8(10-7)9(2,3)4;1-8(2,3)6-4-5-7(9)10-6;2*1-8(2,3)7-5-4-6-9-7;2-1-3;;;;;;;;/h5-6H,1-4H3;4-6H,1-3H3;4-6H,1-3H3;3*5-6H,1-4H3;4-5H,1-3H3;2*4-6H,1-3H3;;8*1H4/i;;;1-1;;;9-1;6T;;;;;;;;;;. The molecule has 104 heavy (non-hydrogen) atoms. The molecular weight excluding hydrogens is 1460 g/mol. The number of carbonyl (C=O) groups excluding carboxylic acids is 5. The van der Waals surface area contributed by atoms with Crippen molar-refractivity contribution in [1.82, 2.24) is 0 Å². The molecule has 0 unspecified atom stereocenters. The van der Waals surface area contributed by atoms with Crippen LogP contribution in [0.5, 0.6) is 5.06 Å². The van der Waals surface area contributed by atoms with E-state index in [1.54, 1.807) is 40.9 Å². The molecule has 0 bridgehead atoms. The quantitative estimate of drug-likeness (QED) is 0.129. The van der Waals surface area contributed by atoms with Gasteiger partial charge in [0.05, 0.1) is 11.1 Å². The summed E-state index contributed by atoms with van der Waals surface area (Å²) >= 11 is 15.0. The molecule has 6 nitrogen and oxygen atoms in total. The zero-order valence-electron chi connectivity index (χ0n) is 64.6. The normalized spacial score (nSPS) is 10.8. The summed E-state index contributed by atoms with van der Waals surface area (Å²) in [7, 11) is 0. The minimum Gasteiger partial charge on any atom is -0.418 e. The fourth-order valence-electron chi connectivity index (χ4n) is 7.16. The van der Waals surface area contributed by atoms with Crippen LogP contribution < -0.4 is 4.74 Å². The Morgan fingerprint density at radius 1 is 0.375 bits per heavy atom. The summed E-state index contributed by atoms with van der Waals surface area (Å²) in [6, 6.07) is 36.4. The van der Waals surface area contributed by atoms with Crippen molar-refractivity contribution in [2.75, 3.05) is 0 Å². The molecule has 16 heteroatoms. The van der Waals surface area contributed by atoms with Crippen LogP contribution in [0.2, 0.25) is 0 Å². The van der Waals surface area contributed by atoms with E-state index in [4.69, 9.17) is 15.7 Å². The van der Waals surface area contributed by atoms with E-state index in [1.165, 1.54) is 82.4 Å². The zero-order valence-corrected chi connectivity index (χ0v) is 71.0. The number of ether oxygens (including phenoxy) is 1. The maximum atomic E-state index is 12.5. The average molecular weight is 1610 g/mol. The summed E-state index contributed by atoms with van der Waals surface area (Å²) in [6.07, 6.45) is 1.15. The van der Waals surface area contributed by atoms with Gasteiger partial charge < -0.3 is 4.74 Å². The smallest absolute Gasteiger partial charge is 0.373 e. The molecule has 0 spiro atoms. The summed E-state index contributed by atoms with van der Waals surface area (Å²) in [5.41, 5.74) is 2.11. The third-order valence-electron chi connectivity index (χ3n) is 12.9. The fraction of sp³-hybridized carbons (Fsp3) is 0.545. The summed E-state index contributed by atoms with van der Waals surface area (Å²) in [6.45, 7) is 67.5. The molecular formula is C88H147FO6S9. The highest BCUT2D eigenvalue weighted by Crippen LogP contribution is 2.36. The van der Waals surface area contributed by atoms with Gasteiger partial charge in [0.25, 0.3) is 6.47 Å². The lowest BCUT2D eigenvalue weighted by Crippen LogP contribution is -2.07. The number of hydrogen-bond donors (Lipinski definition) is 0. The second kappa shape index (κ2) is 52.5. The van der Waals surface area contributed by atoms with E-state index < -0.39 is 0 Å². The molecule has 0 fully saturated rings. The third kappa shape index (κ3) is 49.4. The van der Waals surface area contributed by atoms with Crippen LogP contribution in [-0.4, -0.2) is 24.7 Å². The van der Waals surface area contributed by atoms with Crippen molar-refractivity contribution in [3.63, 3.8) is 0 Å². The summed E-state index contributed by atoms with van der Waals surface area (Å²) in [5, 5.41) is 3.35. The van der Waals surface area contributed by atoms with E-state index in [9.17, 15) is 18.8 Å². The maximum Gasteiger partial charge on any atom is 0.373 e. The predicted molar refractivity (Wildman–Crippen MR) is 482 cm³/mol. The number of thiophene rings is 9. The Morgan fingerprint density at radius 3 is 0.846 bits per heavy atom. The molecule has 0 radical (unpaired) electrons. The first-order valence-electron chi connectivity index (χ1n) is 32.4. The Hall–Kier alpha value is -4.58. The van der Waals surface area contributed by atoms with Crippen molar-refractivity contribution in [2.45, 2.75) is 323 Å². The van der Waals surface area contributed by atoms with Gasteiger partial charge >= 0.3 is 6.15 Å². The molecule has 596 valence electrons. The van der Waals surface area contributed by atoms with Crippen LogP contribution >= 0.6 is 102 Å². The topological polar surface area (TPSA) is 94.6 Å². The first kappa shape index (κ1) is 115. The molecule has 9 heterocycles. The van der Waals surface area contributed by atoms with Crippen LogP contribution in [0.4, 0.5) is 4.39 Å². The minimum atomic E-state index is -0.0927. The second-order valence-electron chi connectivity index (χ2n) is 31.9. The van der Waals surface area contributed by atoms with Gasteiger partial charge in [-0.1, -0.05) is 258 Å². The van der Waals surface area contributed by atoms with E-state index in [0.29, 0.717) is 38.6 Å². The van der Waals surface area contributed by atoms with Crippen LogP contribution in [-0.2, 0) is 63.1 Å². The summed E-state index contributed by atoms with van der Waals surface area (Å²) in [5.74, 6) is 0.163. The van der Waals surface area contributed by atoms with E-state index in [2.05, 4.69) is 262 Å². The van der Waals surface area contributed by atoms with E-state index in [-0.39, 0.29) is 104 Å². The van der Waals surface area contributed by atoms with E-state index >= 15 is 0 Å². The first-order valence-corrected chi connectivity index (χ1v) is 39.4. The van der Waals surface area contributed by atoms with Gasteiger partial charge in [-0.15, -0.1) is 102 Å². The number of Topliss-reactive ketones (excluding diaryl/α,β-unsaturated/α-hetero) is 1. The number of halogens is 1. The number of rotatable bonds is 4. The molecule has 9 aromatic rings. The van der Waals surface area contributed by atoms with Crippen LogP contribution in [0, 0.1) is 25.9 Å². The number of carbonyl (C=O) groups is 3. The highest BCUT2D eigenvalue weighted by atomic mass is 32.1. The monoisotopic (exact) mass is 1610 g/mol. The highest BCUT2D eigenvalue weighted by molar-refractivity contribution is 7.15. The average Bonchev–Trinajstić information content (AvgIpc) is 1.74. The maximum absolute atomic E-state index is 12.5. The van der Waals surface area contributed by atoms with Crippen molar-refractivity contribution >= 4 is 127 Å². The number of aryl methyl sites for hydroxylation is 3. The molecule has 0 saturated heterocycles. The number of aldehydes is 1. The van der Waals surface area contributed by atoms with Crippen molar-refractivity contribution < 1.29 is 34.5 Å². The van der Waals surface area contributed by atoms with Gasteiger partial charge in [0.1, 0.15) is 0 Å². The molecule has 0 aliphatic heterocycles. The molecule has 0 aliphatic rings. The fourth-order valence-corrected chi connectivity index (χ4v) is 15.0. The Labute approximate surface area is 676 Å². The molecule has 0 amide bonds. The molecule has 9 rings (SSSR count). The first-order chi connectivity index (χ1) is 44.0. The lowest BCUT2D eigenvalue weighted by Gasteiger charge is -2.15. The van der Waals surface area contributed by atoms with Crippen molar-refractivity contribution in [3.8, 4) is 5.06 Å². The lowest BCUT2D eigenvalue weighted by atomic mass is 9.95. The van der Waals surface area contributed by atoms with E-state index in [1.807, 2.05) is 99.9 Å². The van der Waals surface area contributed by atoms with E-state index in [0.717, 1.165) is 20.9 Å². The molecule has 0 N–H and O–H groups in total. The Morgan fingerprint density at radius 2 is 0.663 bits per heavy atom. The Balaban J connectivity index is -0.000000139. The second-order valence-corrected chi connectivity index (χ2v) is 41.9. The van der Waals surface area contributed by atoms with Gasteiger partial charge in [0, 0.05) is 58.5 Å². The van der Waals surface area contributed by atoms with Crippen LogP contribution in [0.1, 0.15) is 333 Å². The van der Waals surface area contributed by atoms with Gasteiger partial charge in [-0.3, -0.25) is 14.4 Å². The highest BCUT2D eigenvalue weighted by Gasteiger charge is 2.21. The van der Waals surface area contributed by atoms with Crippen molar-refractivity contribution in [2.24, 2.45) is 0 Å². The predicted octanol–water partition coefficient (Wildman–Crippen LogP) is 32.5.